The van der Waals surface area contributed by atoms with Crippen LogP contribution in [0.3, 0.4) is 0 Å². The lowest BCUT2D eigenvalue weighted by atomic mass is 10.0. The zero-order valence-corrected chi connectivity index (χ0v) is 12.6. The number of carboxylic acid groups (broad SMARTS) is 1. The summed E-state index contributed by atoms with van der Waals surface area (Å²) in [5, 5.41) is 23.8. The van der Waals surface area contributed by atoms with Gasteiger partial charge >= 0.3 is 12.0 Å². The number of carbonyl (C=O) groups is 2. The van der Waals surface area contributed by atoms with Crippen LogP contribution in [0.25, 0.3) is 0 Å². The van der Waals surface area contributed by atoms with Crippen LogP contribution < -0.4 is 10.6 Å². The molecule has 0 aromatic heterocycles. The third-order valence-corrected chi connectivity index (χ3v) is 3.41. The predicted molar refractivity (Wildman–Crippen MR) is 79.9 cm³/mol. The topological polar surface area (TPSA) is 102 Å². The molecule has 0 fully saturated rings. The average Bonchev–Trinajstić information content (AvgIpc) is 2.38. The summed E-state index contributed by atoms with van der Waals surface area (Å²) in [4.78, 5) is 24.7. The Hall–Kier alpha value is -2.28. The van der Waals surface area contributed by atoms with E-state index in [1.165, 1.54) is 18.2 Å². The van der Waals surface area contributed by atoms with Crippen LogP contribution in [0.5, 0.6) is 5.75 Å². The van der Waals surface area contributed by atoms with Crippen LogP contribution in [0.1, 0.15) is 24.2 Å². The first-order valence-corrected chi connectivity index (χ1v) is 6.42. The van der Waals surface area contributed by atoms with Gasteiger partial charge in [-0.15, -0.1) is 0 Å². The first-order chi connectivity index (χ1) is 9.65. The van der Waals surface area contributed by atoms with E-state index in [2.05, 4.69) is 10.6 Å². The molecule has 0 spiro atoms. The highest BCUT2D eigenvalue weighted by Crippen LogP contribution is 2.27. The number of aromatic carboxylic acids is 1. The van der Waals surface area contributed by atoms with Crippen LogP contribution >= 0.6 is 0 Å². The van der Waals surface area contributed by atoms with Crippen molar-refractivity contribution in [3.05, 3.63) is 23.8 Å². The summed E-state index contributed by atoms with van der Waals surface area (Å²) in [6, 6.07) is 3.62. The van der Waals surface area contributed by atoms with Gasteiger partial charge in [0.15, 0.2) is 5.75 Å². The zero-order valence-electron chi connectivity index (χ0n) is 12.6. The number of rotatable bonds is 5. The van der Waals surface area contributed by atoms with Gasteiger partial charge in [0.2, 0.25) is 0 Å². The molecule has 0 bridgehead atoms. The van der Waals surface area contributed by atoms with Crippen molar-refractivity contribution in [2.24, 2.45) is 0 Å². The second-order valence-electron chi connectivity index (χ2n) is 5.52. The summed E-state index contributed by atoms with van der Waals surface area (Å²) >= 11 is 0. The molecule has 116 valence electrons. The Labute approximate surface area is 123 Å². The maximum absolute atomic E-state index is 11.8. The molecule has 0 aliphatic heterocycles. The minimum absolute atomic E-state index is 0.0510. The lowest BCUT2D eigenvalue weighted by molar-refractivity contribution is 0.0693. The Kier molecular flexibility index (Phi) is 5.15. The predicted octanol–water partition coefficient (Wildman–Crippen LogP) is 1.55. The van der Waals surface area contributed by atoms with Gasteiger partial charge in [-0.3, -0.25) is 0 Å². The van der Waals surface area contributed by atoms with Crippen molar-refractivity contribution in [3.8, 4) is 5.75 Å². The molecular weight excluding hydrogens is 274 g/mol. The first kappa shape index (κ1) is 16.8. The number of amides is 2. The van der Waals surface area contributed by atoms with Crippen molar-refractivity contribution in [3.63, 3.8) is 0 Å². The van der Waals surface area contributed by atoms with Crippen molar-refractivity contribution in [2.45, 2.75) is 19.4 Å². The summed E-state index contributed by atoms with van der Waals surface area (Å²) in [5.74, 6) is -1.72. The number of likely N-dealkylation sites (N-methyl/N-ethyl adjacent to an activating group) is 1. The van der Waals surface area contributed by atoms with Crippen molar-refractivity contribution in [1.29, 1.82) is 0 Å². The Bertz CT molecular complexity index is 541. The lowest BCUT2D eigenvalue weighted by Crippen LogP contribution is -2.49. The molecule has 0 saturated heterocycles. The number of nitrogens with zero attached hydrogens (tertiary/aromatic N) is 1. The van der Waals surface area contributed by atoms with Crippen LogP contribution in [0.4, 0.5) is 10.5 Å². The maximum atomic E-state index is 11.8. The number of benzene rings is 1. The highest BCUT2D eigenvalue weighted by molar-refractivity contribution is 5.97. The van der Waals surface area contributed by atoms with Crippen molar-refractivity contribution in [1.82, 2.24) is 10.2 Å². The number of hydrogen-bond acceptors (Lipinski definition) is 4. The van der Waals surface area contributed by atoms with Crippen LogP contribution in [-0.4, -0.2) is 53.3 Å². The Balaban J connectivity index is 2.72. The molecule has 1 rings (SSSR count). The molecule has 1 aromatic carbocycles. The lowest BCUT2D eigenvalue weighted by Gasteiger charge is -2.32. The average molecular weight is 295 g/mol. The largest absolute Gasteiger partial charge is 0.505 e. The first-order valence-electron chi connectivity index (χ1n) is 6.42. The Morgan fingerprint density at radius 3 is 2.43 bits per heavy atom. The molecule has 7 heteroatoms. The molecule has 0 radical (unpaired) electrons. The van der Waals surface area contributed by atoms with E-state index < -0.39 is 17.7 Å². The third-order valence-electron chi connectivity index (χ3n) is 3.41. The minimum atomic E-state index is -1.26. The quantitative estimate of drug-likeness (QED) is 0.617. The van der Waals surface area contributed by atoms with Crippen LogP contribution in [0.2, 0.25) is 0 Å². The third kappa shape index (κ3) is 4.35. The fourth-order valence-corrected chi connectivity index (χ4v) is 1.44. The van der Waals surface area contributed by atoms with Crippen LogP contribution in [-0.2, 0) is 0 Å². The van der Waals surface area contributed by atoms with E-state index in [4.69, 9.17) is 5.11 Å². The van der Waals surface area contributed by atoms with Gasteiger partial charge in [0.1, 0.15) is 5.56 Å². The smallest absolute Gasteiger partial charge is 0.339 e. The number of phenols is 1. The van der Waals surface area contributed by atoms with E-state index in [-0.39, 0.29) is 16.8 Å². The highest BCUT2D eigenvalue weighted by atomic mass is 16.4. The second-order valence-corrected chi connectivity index (χ2v) is 5.52. The molecule has 4 N–H and O–H groups in total. The summed E-state index contributed by atoms with van der Waals surface area (Å²) in [6.07, 6.45) is 0. The molecule has 2 amide bonds. The summed E-state index contributed by atoms with van der Waals surface area (Å²) in [7, 11) is 3.81. The van der Waals surface area contributed by atoms with E-state index in [9.17, 15) is 14.7 Å². The van der Waals surface area contributed by atoms with Gasteiger partial charge in [-0.2, -0.15) is 0 Å². The van der Waals surface area contributed by atoms with Gasteiger partial charge in [0, 0.05) is 12.1 Å². The van der Waals surface area contributed by atoms with Gasteiger partial charge in [-0.05, 0) is 40.1 Å². The normalized spacial score (nSPS) is 11.3. The number of anilines is 1. The highest BCUT2D eigenvalue weighted by Gasteiger charge is 2.21. The van der Waals surface area contributed by atoms with Crippen LogP contribution in [0.15, 0.2) is 18.2 Å². The zero-order chi connectivity index (χ0) is 16.2. The van der Waals surface area contributed by atoms with E-state index in [0.29, 0.717) is 6.54 Å². The molecule has 7 nitrogen and oxygen atoms in total. The number of nitrogens with one attached hydrogen (secondary N) is 2. The van der Waals surface area contributed by atoms with Gasteiger partial charge in [0.05, 0.1) is 5.69 Å². The minimum Gasteiger partial charge on any atom is -0.505 e. The van der Waals surface area contributed by atoms with Crippen molar-refractivity contribution >= 4 is 17.7 Å². The van der Waals surface area contributed by atoms with Crippen molar-refractivity contribution in [2.75, 3.05) is 26.0 Å². The van der Waals surface area contributed by atoms with Crippen molar-refractivity contribution < 1.29 is 19.8 Å². The van der Waals surface area contributed by atoms with E-state index in [1.54, 1.807) is 0 Å². The number of hydrogen-bond donors (Lipinski definition) is 4. The number of carboxylic acids is 1. The fraction of sp³-hybridized carbons (Fsp3) is 0.429. The summed E-state index contributed by atoms with van der Waals surface area (Å²) < 4.78 is 0. The molecular formula is C14H21N3O4. The maximum Gasteiger partial charge on any atom is 0.339 e. The van der Waals surface area contributed by atoms with E-state index in [1.807, 2.05) is 32.8 Å². The molecule has 0 saturated carbocycles. The SMILES string of the molecule is CN(C)C(C)(C)CNC(=O)Nc1cccc(C(=O)O)c1O. The molecule has 0 aliphatic rings. The number of aromatic hydroxyl groups is 1. The number of para-hydroxylation sites is 1. The number of carbonyl (C=O) groups excluding carboxylic acids is 1. The standard InChI is InChI=1S/C14H21N3O4/c1-14(2,17(3)4)8-15-13(21)16-10-7-5-6-9(11(10)18)12(19)20/h5-7,18H,8H2,1-4H3,(H,19,20)(H2,15,16,21). The second kappa shape index (κ2) is 6.45. The number of urea groups is 1. The monoisotopic (exact) mass is 295 g/mol. The molecule has 0 atom stereocenters. The fourth-order valence-electron chi connectivity index (χ4n) is 1.44. The Morgan fingerprint density at radius 2 is 1.90 bits per heavy atom. The molecule has 0 unspecified atom stereocenters. The van der Waals surface area contributed by atoms with E-state index >= 15 is 0 Å². The molecule has 0 aliphatic carbocycles. The summed E-state index contributed by atoms with van der Waals surface area (Å²) in [6.45, 7) is 4.33. The van der Waals surface area contributed by atoms with Crippen LogP contribution in [0, 0.1) is 0 Å². The van der Waals surface area contributed by atoms with Gasteiger partial charge in [-0.1, -0.05) is 6.07 Å². The molecule has 21 heavy (non-hydrogen) atoms. The van der Waals surface area contributed by atoms with Gasteiger partial charge in [0.25, 0.3) is 0 Å². The molecule has 0 heterocycles. The van der Waals surface area contributed by atoms with Gasteiger partial charge in [-0.25, -0.2) is 9.59 Å². The Morgan fingerprint density at radius 1 is 1.29 bits per heavy atom. The van der Waals surface area contributed by atoms with E-state index in [0.717, 1.165) is 0 Å². The van der Waals surface area contributed by atoms with Gasteiger partial charge < -0.3 is 25.7 Å². The molecule has 1 aromatic rings. The summed E-state index contributed by atoms with van der Waals surface area (Å²) in [5.41, 5.74) is -0.445.